The molecule has 0 N–H and O–H groups in total. The molecule has 1 saturated heterocycles. The molecular weight excluding hydrogens is 380 g/mol. The number of likely N-dealkylation sites (tertiary alicyclic amines) is 1. The smallest absolute Gasteiger partial charge is 0.345 e. The Hall–Kier alpha value is -2.45. The second-order valence-corrected chi connectivity index (χ2v) is 7.17. The third-order valence-corrected chi connectivity index (χ3v) is 5.36. The molecule has 1 aliphatic heterocycles. The topological polar surface area (TPSA) is 89.8 Å². The van der Waals surface area contributed by atoms with Gasteiger partial charge in [0.1, 0.15) is 5.56 Å². The van der Waals surface area contributed by atoms with Crippen molar-refractivity contribution in [3.05, 3.63) is 61.3 Å². The lowest BCUT2D eigenvalue weighted by molar-refractivity contribution is -0.385. The number of carbonyl (C=O) groups excluding carboxylic acids is 2. The van der Waals surface area contributed by atoms with Gasteiger partial charge < -0.3 is 9.64 Å². The van der Waals surface area contributed by atoms with Gasteiger partial charge in [0.25, 0.3) is 11.6 Å². The van der Waals surface area contributed by atoms with E-state index in [4.69, 9.17) is 16.3 Å². The molecule has 9 heteroatoms. The summed E-state index contributed by atoms with van der Waals surface area (Å²) < 4.78 is 5.02. The number of hydrogen-bond donors (Lipinski definition) is 0. The van der Waals surface area contributed by atoms with Crippen molar-refractivity contribution in [2.45, 2.75) is 18.9 Å². The molecule has 1 amide bonds. The molecule has 1 unspecified atom stereocenters. The number of nitrogens with zero attached hydrogens (tertiary/aromatic N) is 2. The van der Waals surface area contributed by atoms with Gasteiger partial charge in [0.05, 0.1) is 11.0 Å². The molecule has 1 fully saturated rings. The minimum Gasteiger partial charge on any atom is -0.452 e. The number of carbonyl (C=O) groups is 2. The maximum Gasteiger partial charge on any atom is 0.345 e. The van der Waals surface area contributed by atoms with E-state index in [9.17, 15) is 19.7 Å². The van der Waals surface area contributed by atoms with Crippen LogP contribution in [0, 0.1) is 10.1 Å². The van der Waals surface area contributed by atoms with Crippen molar-refractivity contribution < 1.29 is 19.2 Å². The van der Waals surface area contributed by atoms with Crippen molar-refractivity contribution in [2.75, 3.05) is 13.2 Å². The Balaban J connectivity index is 1.67. The molecule has 0 saturated carbocycles. The van der Waals surface area contributed by atoms with Crippen molar-refractivity contribution in [2.24, 2.45) is 0 Å². The number of hydrogen-bond acceptors (Lipinski definition) is 6. The number of nitro groups is 1. The summed E-state index contributed by atoms with van der Waals surface area (Å²) in [6, 6.07) is 7.51. The van der Waals surface area contributed by atoms with Gasteiger partial charge >= 0.3 is 5.97 Å². The first-order valence-corrected chi connectivity index (χ1v) is 9.17. The van der Waals surface area contributed by atoms with Crippen LogP contribution in [-0.4, -0.2) is 34.9 Å². The zero-order valence-corrected chi connectivity index (χ0v) is 15.2. The SMILES string of the molecule is O=C(OCC(=O)N1CCCC1c1cccs1)c1cc(Cl)ccc1[N+](=O)[O-]. The van der Waals surface area contributed by atoms with E-state index in [0.717, 1.165) is 29.9 Å². The summed E-state index contributed by atoms with van der Waals surface area (Å²) in [5.41, 5.74) is -0.684. The molecule has 1 atom stereocenters. The van der Waals surface area contributed by atoms with Gasteiger partial charge in [-0.15, -0.1) is 11.3 Å². The van der Waals surface area contributed by atoms with E-state index in [2.05, 4.69) is 0 Å². The number of thiophene rings is 1. The van der Waals surface area contributed by atoms with Crippen LogP contribution in [0.4, 0.5) is 5.69 Å². The van der Waals surface area contributed by atoms with E-state index in [1.807, 2.05) is 17.5 Å². The lowest BCUT2D eigenvalue weighted by Crippen LogP contribution is -2.34. The fourth-order valence-electron chi connectivity index (χ4n) is 2.96. The molecule has 3 rings (SSSR count). The summed E-state index contributed by atoms with van der Waals surface area (Å²) >= 11 is 7.38. The van der Waals surface area contributed by atoms with Gasteiger partial charge in [-0.2, -0.15) is 0 Å². The van der Waals surface area contributed by atoms with E-state index in [0.29, 0.717) is 6.54 Å². The number of halogens is 1. The molecule has 2 heterocycles. The van der Waals surface area contributed by atoms with Gasteiger partial charge in [-0.25, -0.2) is 4.79 Å². The summed E-state index contributed by atoms with van der Waals surface area (Å²) in [4.78, 5) is 37.8. The average molecular weight is 395 g/mol. The van der Waals surface area contributed by atoms with Gasteiger partial charge in [0.2, 0.25) is 0 Å². The van der Waals surface area contributed by atoms with Crippen LogP contribution in [0.15, 0.2) is 35.7 Å². The lowest BCUT2D eigenvalue weighted by atomic mass is 10.2. The molecule has 0 spiro atoms. The summed E-state index contributed by atoms with van der Waals surface area (Å²) in [6.45, 7) is 0.126. The van der Waals surface area contributed by atoms with Crippen LogP contribution in [0.3, 0.4) is 0 Å². The average Bonchev–Trinajstić information content (AvgIpc) is 3.29. The number of amides is 1. The highest BCUT2D eigenvalue weighted by atomic mass is 35.5. The van der Waals surface area contributed by atoms with Crippen molar-refractivity contribution in [1.29, 1.82) is 0 Å². The predicted molar refractivity (Wildman–Crippen MR) is 96.4 cm³/mol. The highest BCUT2D eigenvalue weighted by molar-refractivity contribution is 7.10. The zero-order valence-electron chi connectivity index (χ0n) is 13.6. The van der Waals surface area contributed by atoms with Crippen LogP contribution >= 0.6 is 22.9 Å². The van der Waals surface area contributed by atoms with Gasteiger partial charge in [0.15, 0.2) is 6.61 Å². The van der Waals surface area contributed by atoms with Crippen molar-refractivity contribution in [3.63, 3.8) is 0 Å². The Morgan fingerprint density at radius 3 is 2.88 bits per heavy atom. The van der Waals surface area contributed by atoms with Crippen LogP contribution in [0.2, 0.25) is 5.02 Å². The van der Waals surface area contributed by atoms with E-state index < -0.39 is 23.2 Å². The van der Waals surface area contributed by atoms with Crippen LogP contribution < -0.4 is 0 Å². The zero-order chi connectivity index (χ0) is 18.7. The van der Waals surface area contributed by atoms with Crippen LogP contribution in [-0.2, 0) is 9.53 Å². The summed E-state index contributed by atoms with van der Waals surface area (Å²) in [5, 5.41) is 13.2. The Morgan fingerprint density at radius 2 is 2.19 bits per heavy atom. The molecule has 7 nitrogen and oxygen atoms in total. The molecule has 1 aliphatic rings. The molecule has 1 aromatic carbocycles. The maximum atomic E-state index is 12.5. The number of ether oxygens (including phenoxy) is 1. The van der Waals surface area contributed by atoms with E-state index in [1.54, 1.807) is 16.2 Å². The fourth-order valence-corrected chi connectivity index (χ4v) is 4.01. The lowest BCUT2D eigenvalue weighted by Gasteiger charge is -2.23. The summed E-state index contributed by atoms with van der Waals surface area (Å²) in [5.74, 6) is -1.27. The molecule has 26 heavy (non-hydrogen) atoms. The standard InChI is InChI=1S/C17H15ClN2O5S/c18-11-5-6-13(20(23)24)12(9-11)17(22)25-10-16(21)19-7-1-3-14(19)15-4-2-8-26-15/h2,4-6,8-9,14H,1,3,7,10H2. The first-order chi connectivity index (χ1) is 12.5. The van der Waals surface area contributed by atoms with Crippen LogP contribution in [0.5, 0.6) is 0 Å². The third kappa shape index (κ3) is 3.86. The predicted octanol–water partition coefficient (Wildman–Crippen LogP) is 3.83. The van der Waals surface area contributed by atoms with Crippen LogP contribution in [0.25, 0.3) is 0 Å². The molecule has 2 aromatic rings. The monoisotopic (exact) mass is 394 g/mol. The number of benzene rings is 1. The van der Waals surface area contributed by atoms with Crippen LogP contribution in [0.1, 0.15) is 34.1 Å². The van der Waals surface area contributed by atoms with E-state index in [1.165, 1.54) is 6.07 Å². The third-order valence-electron chi connectivity index (χ3n) is 4.15. The highest BCUT2D eigenvalue weighted by Gasteiger charge is 2.31. The second-order valence-electron chi connectivity index (χ2n) is 5.76. The van der Waals surface area contributed by atoms with E-state index >= 15 is 0 Å². The second kappa shape index (κ2) is 7.84. The Kier molecular flexibility index (Phi) is 5.53. The number of rotatable bonds is 5. The quantitative estimate of drug-likeness (QED) is 0.436. The van der Waals surface area contributed by atoms with Gasteiger partial charge in [-0.3, -0.25) is 14.9 Å². The highest BCUT2D eigenvalue weighted by Crippen LogP contribution is 2.34. The Bertz CT molecular complexity index is 840. The number of esters is 1. The molecule has 0 aliphatic carbocycles. The summed E-state index contributed by atoms with van der Waals surface area (Å²) in [7, 11) is 0. The molecule has 0 radical (unpaired) electrons. The molecule has 0 bridgehead atoms. The molecule has 1 aromatic heterocycles. The molecular formula is C17H15ClN2O5S. The Labute approximate surface area is 158 Å². The van der Waals surface area contributed by atoms with Crippen molar-refractivity contribution in [3.8, 4) is 0 Å². The largest absolute Gasteiger partial charge is 0.452 e. The molecule has 136 valence electrons. The van der Waals surface area contributed by atoms with Crippen molar-refractivity contribution in [1.82, 2.24) is 4.90 Å². The van der Waals surface area contributed by atoms with Gasteiger partial charge in [-0.1, -0.05) is 17.7 Å². The van der Waals surface area contributed by atoms with Crippen molar-refractivity contribution >= 4 is 40.5 Å². The number of nitro benzene ring substituents is 1. The Morgan fingerprint density at radius 1 is 1.38 bits per heavy atom. The fraction of sp³-hybridized carbons (Fsp3) is 0.294. The normalized spacial score (nSPS) is 16.5. The maximum absolute atomic E-state index is 12.5. The van der Waals surface area contributed by atoms with Gasteiger partial charge in [-0.05, 0) is 36.4 Å². The summed E-state index contributed by atoms with van der Waals surface area (Å²) in [6.07, 6.45) is 1.74. The minimum atomic E-state index is -0.945. The van der Waals surface area contributed by atoms with E-state index in [-0.39, 0.29) is 22.5 Å². The van der Waals surface area contributed by atoms with Gasteiger partial charge in [0, 0.05) is 22.5 Å². The first-order valence-electron chi connectivity index (χ1n) is 7.91. The first kappa shape index (κ1) is 18.3. The minimum absolute atomic E-state index is 0.0123.